The number of alkyl halides is 1. The highest BCUT2D eigenvalue weighted by molar-refractivity contribution is 5.82. The zero-order chi connectivity index (χ0) is 18.1. The molecule has 0 spiro atoms. The molecule has 142 valence electrons. The lowest BCUT2D eigenvalue weighted by Crippen LogP contribution is -2.49. The quantitative estimate of drug-likeness (QED) is 0.821. The van der Waals surface area contributed by atoms with Gasteiger partial charge in [0.2, 0.25) is 11.8 Å². The van der Waals surface area contributed by atoms with Crippen molar-refractivity contribution in [2.75, 3.05) is 20.1 Å². The maximum Gasteiger partial charge on any atom is 0.239 e. The molecule has 0 aromatic carbocycles. The lowest BCUT2D eigenvalue weighted by atomic mass is 9.75. The van der Waals surface area contributed by atoms with Crippen LogP contribution in [0.4, 0.5) is 4.39 Å². The minimum absolute atomic E-state index is 0.0940. The van der Waals surface area contributed by atoms with E-state index in [9.17, 15) is 14.0 Å². The van der Waals surface area contributed by atoms with Crippen LogP contribution in [0.2, 0.25) is 0 Å². The number of hydrogen-bond donors (Lipinski definition) is 1. The monoisotopic (exact) mass is 353 g/mol. The van der Waals surface area contributed by atoms with E-state index in [4.69, 9.17) is 5.73 Å². The number of nitrogens with two attached hydrogens (primary N) is 1. The van der Waals surface area contributed by atoms with Crippen LogP contribution in [0.5, 0.6) is 0 Å². The fourth-order valence-electron chi connectivity index (χ4n) is 4.46. The van der Waals surface area contributed by atoms with E-state index in [1.807, 2.05) is 11.9 Å². The second kappa shape index (κ2) is 7.60. The molecule has 6 heteroatoms. The molecule has 3 aliphatic rings. The van der Waals surface area contributed by atoms with Crippen LogP contribution in [0.3, 0.4) is 0 Å². The summed E-state index contributed by atoms with van der Waals surface area (Å²) in [6.45, 7) is 2.73. The highest BCUT2D eigenvalue weighted by atomic mass is 19.1. The molecule has 0 unspecified atom stereocenters. The van der Waals surface area contributed by atoms with Crippen molar-refractivity contribution in [1.29, 1.82) is 0 Å². The van der Waals surface area contributed by atoms with Gasteiger partial charge in [-0.15, -0.1) is 0 Å². The van der Waals surface area contributed by atoms with Crippen LogP contribution in [0, 0.1) is 17.8 Å². The number of halogens is 1. The lowest BCUT2D eigenvalue weighted by molar-refractivity contribution is -0.134. The first kappa shape index (κ1) is 18.6. The van der Waals surface area contributed by atoms with Gasteiger partial charge in [-0.1, -0.05) is 6.92 Å². The Bertz CT molecular complexity index is 503. The number of likely N-dealkylation sites (tertiary alicyclic amines) is 1. The molecule has 0 bridgehead atoms. The van der Waals surface area contributed by atoms with E-state index in [0.717, 1.165) is 38.5 Å². The van der Waals surface area contributed by atoms with Gasteiger partial charge >= 0.3 is 0 Å². The van der Waals surface area contributed by atoms with E-state index in [-0.39, 0.29) is 24.3 Å². The molecule has 0 aromatic heterocycles. The predicted molar refractivity (Wildman–Crippen MR) is 94.5 cm³/mol. The Morgan fingerprint density at radius 2 is 1.76 bits per heavy atom. The van der Waals surface area contributed by atoms with E-state index >= 15 is 0 Å². The molecular weight excluding hydrogens is 321 g/mol. The molecule has 2 N–H and O–H groups in total. The van der Waals surface area contributed by atoms with Crippen LogP contribution in [-0.4, -0.2) is 60.0 Å². The normalized spacial score (nSPS) is 32.3. The summed E-state index contributed by atoms with van der Waals surface area (Å²) in [5.74, 6) is 0.974. The third kappa shape index (κ3) is 4.15. The molecular formula is C19H32FN3O2. The zero-order valence-electron chi connectivity index (χ0n) is 15.5. The molecule has 0 radical (unpaired) electrons. The topological polar surface area (TPSA) is 66.6 Å². The van der Waals surface area contributed by atoms with Crippen LogP contribution >= 0.6 is 0 Å². The highest BCUT2D eigenvalue weighted by Gasteiger charge is 2.38. The number of rotatable bonds is 5. The molecule has 3 rings (SSSR count). The van der Waals surface area contributed by atoms with Gasteiger partial charge in [-0.3, -0.25) is 9.59 Å². The molecule has 0 aromatic rings. The third-order valence-corrected chi connectivity index (χ3v) is 6.60. The van der Waals surface area contributed by atoms with Gasteiger partial charge in [0.25, 0.3) is 0 Å². The van der Waals surface area contributed by atoms with Crippen molar-refractivity contribution in [1.82, 2.24) is 9.80 Å². The summed E-state index contributed by atoms with van der Waals surface area (Å²) in [6.07, 6.45) is 5.59. The fraction of sp³-hybridized carbons (Fsp3) is 0.895. The predicted octanol–water partition coefficient (Wildman–Crippen LogP) is 1.95. The summed E-state index contributed by atoms with van der Waals surface area (Å²) < 4.78 is 13.3. The van der Waals surface area contributed by atoms with E-state index in [1.165, 1.54) is 0 Å². The maximum absolute atomic E-state index is 13.3. The van der Waals surface area contributed by atoms with Crippen molar-refractivity contribution in [2.24, 2.45) is 23.5 Å². The maximum atomic E-state index is 13.3. The standard InChI is InChI=1S/C19H32FN3O2/c1-12(17(21)19(25)23-10-9-15(20)11-23)13-5-7-16(8-6-13)22(2)18(24)14-3-4-14/h12-17H,3-11,21H2,1-2H3/t12-,13?,15-,16?,17-/m0/s1. The molecule has 5 nitrogen and oxygen atoms in total. The Morgan fingerprint density at radius 1 is 1.12 bits per heavy atom. The van der Waals surface area contributed by atoms with Crippen molar-refractivity contribution in [3.05, 3.63) is 0 Å². The van der Waals surface area contributed by atoms with Crippen molar-refractivity contribution >= 4 is 11.8 Å². The Labute approximate surface area is 150 Å². The summed E-state index contributed by atoms with van der Waals surface area (Å²) in [5, 5.41) is 0. The van der Waals surface area contributed by atoms with Crippen LogP contribution < -0.4 is 5.73 Å². The molecule has 1 saturated heterocycles. The lowest BCUT2D eigenvalue weighted by Gasteiger charge is -2.38. The fourth-order valence-corrected chi connectivity index (χ4v) is 4.46. The van der Waals surface area contributed by atoms with Crippen LogP contribution in [-0.2, 0) is 9.59 Å². The molecule has 1 aliphatic heterocycles. The van der Waals surface area contributed by atoms with Crippen molar-refractivity contribution in [2.45, 2.75) is 70.1 Å². The number of hydrogen-bond acceptors (Lipinski definition) is 3. The molecule has 1 heterocycles. The Hall–Kier alpha value is -1.17. The van der Waals surface area contributed by atoms with Gasteiger partial charge in [-0.2, -0.15) is 0 Å². The number of amides is 2. The Balaban J connectivity index is 1.48. The van der Waals surface area contributed by atoms with Crippen molar-refractivity contribution in [3.63, 3.8) is 0 Å². The van der Waals surface area contributed by atoms with E-state index in [0.29, 0.717) is 30.8 Å². The number of nitrogens with zero attached hydrogens (tertiary/aromatic N) is 2. The first-order valence-corrected chi connectivity index (χ1v) is 9.83. The molecule has 2 amide bonds. The van der Waals surface area contributed by atoms with Gasteiger partial charge in [0, 0.05) is 25.6 Å². The smallest absolute Gasteiger partial charge is 0.239 e. The molecule has 2 saturated carbocycles. The van der Waals surface area contributed by atoms with E-state index in [2.05, 4.69) is 6.92 Å². The average Bonchev–Trinajstić information content (AvgIpc) is 3.39. The Morgan fingerprint density at radius 3 is 2.28 bits per heavy atom. The molecule has 3 fully saturated rings. The van der Waals surface area contributed by atoms with Gasteiger partial charge in [0.15, 0.2) is 0 Å². The zero-order valence-corrected chi connectivity index (χ0v) is 15.5. The highest BCUT2D eigenvalue weighted by Crippen LogP contribution is 2.36. The molecule has 3 atom stereocenters. The summed E-state index contributed by atoms with van der Waals surface area (Å²) >= 11 is 0. The second-order valence-electron chi connectivity index (χ2n) is 8.35. The number of carbonyl (C=O) groups excluding carboxylic acids is 2. The summed E-state index contributed by atoms with van der Waals surface area (Å²) in [7, 11) is 1.94. The van der Waals surface area contributed by atoms with Gasteiger partial charge in [0.05, 0.1) is 12.6 Å². The van der Waals surface area contributed by atoms with Crippen LogP contribution in [0.1, 0.15) is 51.9 Å². The average molecular weight is 353 g/mol. The van der Waals surface area contributed by atoms with Gasteiger partial charge in [-0.25, -0.2) is 4.39 Å². The SMILES string of the molecule is C[C@@H](C1CCC(N(C)C(=O)C2CC2)CC1)[C@H](N)C(=O)N1CC[C@H](F)C1. The summed E-state index contributed by atoms with van der Waals surface area (Å²) in [4.78, 5) is 28.3. The van der Waals surface area contributed by atoms with Crippen LogP contribution in [0.25, 0.3) is 0 Å². The van der Waals surface area contributed by atoms with Crippen LogP contribution in [0.15, 0.2) is 0 Å². The third-order valence-electron chi connectivity index (χ3n) is 6.60. The minimum Gasteiger partial charge on any atom is -0.343 e. The van der Waals surface area contributed by atoms with Gasteiger partial charge in [0.1, 0.15) is 6.17 Å². The summed E-state index contributed by atoms with van der Waals surface area (Å²) in [5.41, 5.74) is 6.23. The van der Waals surface area contributed by atoms with Gasteiger partial charge < -0.3 is 15.5 Å². The number of carbonyl (C=O) groups is 2. The first-order valence-electron chi connectivity index (χ1n) is 9.83. The Kier molecular flexibility index (Phi) is 5.66. The first-order chi connectivity index (χ1) is 11.9. The minimum atomic E-state index is -0.901. The van der Waals surface area contributed by atoms with E-state index < -0.39 is 12.2 Å². The van der Waals surface area contributed by atoms with Gasteiger partial charge in [-0.05, 0) is 56.8 Å². The summed E-state index contributed by atoms with van der Waals surface area (Å²) in [6, 6.07) is -0.216. The molecule has 2 aliphatic carbocycles. The van der Waals surface area contributed by atoms with E-state index in [1.54, 1.807) is 4.90 Å². The van der Waals surface area contributed by atoms with Crippen molar-refractivity contribution in [3.8, 4) is 0 Å². The second-order valence-corrected chi connectivity index (χ2v) is 8.35. The molecule has 25 heavy (non-hydrogen) atoms. The largest absolute Gasteiger partial charge is 0.343 e. The van der Waals surface area contributed by atoms with Crippen molar-refractivity contribution < 1.29 is 14.0 Å².